The van der Waals surface area contributed by atoms with Crippen molar-refractivity contribution in [1.82, 2.24) is 0 Å². The van der Waals surface area contributed by atoms with Crippen molar-refractivity contribution < 1.29 is 0 Å². The van der Waals surface area contributed by atoms with E-state index in [1.165, 1.54) is 212 Å². The zero-order valence-corrected chi connectivity index (χ0v) is 57.5. The van der Waals surface area contributed by atoms with Crippen molar-refractivity contribution >= 4 is 33.4 Å². The van der Waals surface area contributed by atoms with Crippen LogP contribution in [-0.4, -0.2) is 0 Å². The van der Waals surface area contributed by atoms with Gasteiger partial charge in [-0.1, -0.05) is 230 Å². The fraction of sp³-hybridized carbons (Fsp3) is 0.220. The number of benzene rings is 9. The normalized spacial score (nSPS) is 18.6. The summed E-state index contributed by atoms with van der Waals surface area (Å²) in [6.07, 6.45) is 54.2. The third-order valence-electron chi connectivity index (χ3n) is 25.4. The molecule has 0 bridgehead atoms. The van der Waals surface area contributed by atoms with Crippen LogP contribution >= 0.6 is 0 Å². The van der Waals surface area contributed by atoms with Gasteiger partial charge in [0.1, 0.15) is 0 Å². The van der Waals surface area contributed by atoms with E-state index >= 15 is 0 Å². The maximum absolute atomic E-state index is 2.48. The van der Waals surface area contributed by atoms with Crippen molar-refractivity contribution in [3.8, 4) is 44.5 Å². The topological polar surface area (TPSA) is 0 Å². The predicted octanol–water partition coefficient (Wildman–Crippen LogP) is 24.7. The summed E-state index contributed by atoms with van der Waals surface area (Å²) in [5, 5.41) is 0. The smallest absolute Gasteiger partial charge is 0.00104 e. The van der Waals surface area contributed by atoms with Gasteiger partial charge in [-0.25, -0.2) is 0 Å². The van der Waals surface area contributed by atoms with Gasteiger partial charge in [-0.15, -0.1) is 0 Å². The summed E-state index contributed by atoms with van der Waals surface area (Å²) < 4.78 is 0. The van der Waals surface area contributed by atoms with Gasteiger partial charge in [0.25, 0.3) is 0 Å². The maximum atomic E-state index is 2.48. The second-order valence-electron chi connectivity index (χ2n) is 30.8. The van der Waals surface area contributed by atoms with Gasteiger partial charge in [0, 0.05) is 0 Å². The van der Waals surface area contributed by atoms with Crippen LogP contribution in [0.25, 0.3) is 77.9 Å². The molecule has 0 heteroatoms. The predicted molar refractivity (Wildman–Crippen MR) is 419 cm³/mol. The van der Waals surface area contributed by atoms with Crippen molar-refractivity contribution in [3.63, 3.8) is 0 Å². The van der Waals surface area contributed by atoms with Gasteiger partial charge in [-0.05, 0) is 365 Å². The molecule has 25 rings (SSSR count). The second-order valence-corrected chi connectivity index (χ2v) is 30.8. The van der Waals surface area contributed by atoms with Crippen molar-refractivity contribution in [3.05, 3.63) is 375 Å². The van der Waals surface area contributed by atoms with Crippen LogP contribution < -0.4 is 0 Å². The number of allylic oxidation sites excluding steroid dienone is 24. The fourth-order valence-electron chi connectivity index (χ4n) is 20.8. The Morgan fingerprint density at radius 2 is 0.560 bits per heavy atom. The van der Waals surface area contributed by atoms with Crippen LogP contribution in [0.1, 0.15) is 188 Å². The van der Waals surface area contributed by atoms with E-state index in [0.717, 1.165) is 51.4 Å². The van der Waals surface area contributed by atoms with E-state index in [1.807, 2.05) is 0 Å². The van der Waals surface area contributed by atoms with Crippen molar-refractivity contribution in [2.75, 3.05) is 0 Å². The third kappa shape index (κ3) is 9.59. The molecule has 0 N–H and O–H groups in total. The standard InChI is InChI=1S/C20H18.4C20H16/c1-3-7-16-14(6-1)12-19-18(16)10-9-15-11-13-5-2-4-8-17(13)20(15)19;1-3-7-17-13(5-1)9-15-11-20-16(12-19(15)17)10-14-6-2-4-8-18(14)20;1-3-7-17-13(5-1)9-15-11-16-10-14-6-2-4-8-18(14)20(16)12-19(15)17;1-3-7-17-13(5-1)11-15-9-10-16-12-14-6-2-4-8-18(14)20(16)19(15)17;1-3-7-15-13(5-1)11-19-17(15)9-10-18-16-8-4-2-6-14(16)12-20(18)19/h2-3,5,7,9-10H,1,4,6,8,11-12H2;2*1-3,5-7,11-12H,4,8-10H2;1-3,5-7,9-10H,4,8,11-12H2;1,3-5,7-10H,2,6,11-12H2. The SMILES string of the molecule is C1=CC2=C(CC1)Cc1c2ccc2c1C1=C(C=CCC1)C2.C1=CC2=C(CC1)Cc1c2ccc2c1Cc1ccccc1-2.C1=CC2=C(CC1)c1c(ccc3c1-c1ccccc1C3)C2.C1=CC2=C(CC1)c1cc3c(cc1C2)-c1ccccc1C3.C1=CC2=C(CC1)c1cc3c(cc1C2)Cc1ccccc1-3. The minimum atomic E-state index is 1.11. The van der Waals surface area contributed by atoms with E-state index in [-0.39, 0.29) is 0 Å². The molecular weight excluding hydrogens is 1200 g/mol. The number of hydrogen-bond acceptors (Lipinski definition) is 0. The maximum Gasteiger partial charge on any atom is -0.00104 e. The molecule has 0 spiro atoms. The van der Waals surface area contributed by atoms with E-state index in [4.69, 9.17) is 0 Å². The van der Waals surface area contributed by atoms with Crippen LogP contribution in [0.5, 0.6) is 0 Å². The fourth-order valence-corrected chi connectivity index (χ4v) is 20.8. The lowest BCUT2D eigenvalue weighted by molar-refractivity contribution is 0.931. The molecule has 0 nitrogen and oxygen atoms in total. The highest BCUT2D eigenvalue weighted by Gasteiger charge is 2.35. The monoisotopic (exact) mass is 1280 g/mol. The van der Waals surface area contributed by atoms with Gasteiger partial charge < -0.3 is 0 Å². The molecule has 0 aromatic heterocycles. The summed E-state index contributed by atoms with van der Waals surface area (Å²) in [6, 6.07) is 59.6. The summed E-state index contributed by atoms with van der Waals surface area (Å²) in [4.78, 5) is 0. The molecule has 0 unspecified atom stereocenters. The molecule has 16 aliphatic carbocycles. The van der Waals surface area contributed by atoms with Gasteiger partial charge >= 0.3 is 0 Å². The highest BCUT2D eigenvalue weighted by Crippen LogP contribution is 2.53. The van der Waals surface area contributed by atoms with E-state index in [0.29, 0.717) is 0 Å². The molecule has 0 saturated carbocycles. The number of rotatable bonds is 0. The molecule has 0 heterocycles. The number of fused-ring (bicyclic) bond motifs is 27. The molecule has 0 aliphatic heterocycles. The first kappa shape index (κ1) is 58.8. The molecule has 9 aromatic rings. The van der Waals surface area contributed by atoms with Gasteiger partial charge in [0.15, 0.2) is 0 Å². The molecule has 482 valence electrons. The molecule has 0 radical (unpaired) electrons. The van der Waals surface area contributed by atoms with Gasteiger partial charge in [0.2, 0.25) is 0 Å². The van der Waals surface area contributed by atoms with Crippen LogP contribution in [0.4, 0.5) is 0 Å². The largest absolute Gasteiger partial charge is 0.0839 e. The van der Waals surface area contributed by atoms with Crippen LogP contribution in [0.3, 0.4) is 0 Å². The average Bonchev–Trinajstić information content (AvgIpc) is 1.61. The molecule has 0 atom stereocenters. The van der Waals surface area contributed by atoms with Crippen LogP contribution in [0, 0.1) is 0 Å². The van der Waals surface area contributed by atoms with E-state index in [2.05, 4.69) is 231 Å². The summed E-state index contributed by atoms with van der Waals surface area (Å²) in [5.74, 6) is 0. The first-order valence-electron chi connectivity index (χ1n) is 38.0. The van der Waals surface area contributed by atoms with Crippen molar-refractivity contribution in [1.29, 1.82) is 0 Å². The molecule has 16 aliphatic rings. The highest BCUT2D eigenvalue weighted by atomic mass is 14.4. The average molecular weight is 1280 g/mol. The minimum absolute atomic E-state index is 1.11. The third-order valence-corrected chi connectivity index (χ3v) is 25.4. The lowest BCUT2D eigenvalue weighted by Gasteiger charge is -2.14. The van der Waals surface area contributed by atoms with Gasteiger partial charge in [-0.3, -0.25) is 0 Å². The summed E-state index contributed by atoms with van der Waals surface area (Å²) in [7, 11) is 0. The van der Waals surface area contributed by atoms with E-state index in [1.54, 1.807) is 100 Å². The Morgan fingerprint density at radius 1 is 0.190 bits per heavy atom. The zero-order chi connectivity index (χ0) is 65.5. The lowest BCUT2D eigenvalue weighted by atomic mass is 9.90. The Labute approximate surface area is 590 Å². The highest BCUT2D eigenvalue weighted by molar-refractivity contribution is 5.96. The summed E-state index contributed by atoms with van der Waals surface area (Å²) in [5.41, 5.74) is 61.8. The first-order valence-corrected chi connectivity index (χ1v) is 38.0. The van der Waals surface area contributed by atoms with Crippen LogP contribution in [0.2, 0.25) is 0 Å². The van der Waals surface area contributed by atoms with Crippen LogP contribution in [-0.2, 0) is 64.2 Å². The minimum Gasteiger partial charge on any atom is -0.0839 e. The summed E-state index contributed by atoms with van der Waals surface area (Å²) >= 11 is 0. The van der Waals surface area contributed by atoms with Crippen LogP contribution in [0.15, 0.2) is 264 Å². The second kappa shape index (κ2) is 23.8. The summed E-state index contributed by atoms with van der Waals surface area (Å²) in [6.45, 7) is 0. The first-order chi connectivity index (χ1) is 49.5. The van der Waals surface area contributed by atoms with E-state index < -0.39 is 0 Å². The van der Waals surface area contributed by atoms with Crippen molar-refractivity contribution in [2.45, 2.75) is 141 Å². The molecule has 0 fully saturated rings. The van der Waals surface area contributed by atoms with Gasteiger partial charge in [-0.2, -0.15) is 0 Å². The molecule has 0 amide bonds. The van der Waals surface area contributed by atoms with E-state index in [9.17, 15) is 0 Å². The lowest BCUT2D eigenvalue weighted by Crippen LogP contribution is -1.96. The van der Waals surface area contributed by atoms with Gasteiger partial charge in [0.05, 0.1) is 0 Å². The Balaban J connectivity index is 0.0000000818. The molecule has 0 saturated heterocycles. The molecular formula is C100H82. The quantitative estimate of drug-likeness (QED) is 0.142. The zero-order valence-electron chi connectivity index (χ0n) is 57.5. The number of hydrogen-bond donors (Lipinski definition) is 0. The Hall–Kier alpha value is -10.1. The molecule has 9 aromatic carbocycles. The Morgan fingerprint density at radius 3 is 1.19 bits per heavy atom. The van der Waals surface area contributed by atoms with Crippen molar-refractivity contribution in [2.24, 2.45) is 0 Å². The Kier molecular flexibility index (Phi) is 14.0. The molecule has 100 heavy (non-hydrogen) atoms. The Bertz CT molecular complexity index is 5560.